The fourth-order valence-corrected chi connectivity index (χ4v) is 8.07. The molecule has 0 spiro atoms. The first-order valence-electron chi connectivity index (χ1n) is 17.6. The van der Waals surface area contributed by atoms with Crippen molar-refractivity contribution in [3.05, 3.63) is 59.8 Å². The van der Waals surface area contributed by atoms with E-state index in [0.29, 0.717) is 55.8 Å². The first-order chi connectivity index (χ1) is 24.2. The minimum Gasteiger partial charge on any atom is -0.457 e. The molecular weight excluding hydrogens is 679 g/mol. The second kappa shape index (κ2) is 16.7. The highest BCUT2D eigenvalue weighted by Gasteiger charge is 2.32. The van der Waals surface area contributed by atoms with E-state index < -0.39 is 40.1 Å². The molecule has 1 aromatic heterocycles. The maximum atomic E-state index is 15.0. The number of hydrogen-bond acceptors (Lipinski definition) is 10. The highest BCUT2D eigenvalue weighted by Crippen LogP contribution is 2.28. The van der Waals surface area contributed by atoms with E-state index in [-0.39, 0.29) is 42.5 Å². The van der Waals surface area contributed by atoms with Gasteiger partial charge in [0.1, 0.15) is 18.0 Å². The number of amides is 1. The Morgan fingerprint density at radius 1 is 1.02 bits per heavy atom. The van der Waals surface area contributed by atoms with Crippen molar-refractivity contribution in [3.63, 3.8) is 0 Å². The molecule has 13 nitrogen and oxygen atoms in total. The quantitative estimate of drug-likeness (QED) is 0.347. The molecule has 5 rings (SSSR count). The van der Waals surface area contributed by atoms with Crippen LogP contribution in [0, 0.1) is 17.7 Å². The van der Waals surface area contributed by atoms with Crippen LogP contribution in [0.5, 0.6) is 0 Å². The van der Waals surface area contributed by atoms with Crippen molar-refractivity contribution in [2.75, 3.05) is 64.3 Å². The number of sulfonamides is 1. The monoisotopic (exact) mass is 730 g/mol. The van der Waals surface area contributed by atoms with Crippen molar-refractivity contribution in [2.45, 2.75) is 63.4 Å². The SMILES string of the molecule is C/C(=C\c1cc(F)cc(N2CCN(S(=O)(=O)c3cn(C)cn3)CC2)c1)[C@H]1OC(=O)C[C@H](O)CC[C@H](C)[C@@H](OC(=O)N2CCN(C)CC2)/C=C/[C@@H]1C. The average Bonchev–Trinajstić information content (AvgIpc) is 3.54. The number of benzene rings is 1. The van der Waals surface area contributed by atoms with Gasteiger partial charge in [-0.1, -0.05) is 26.0 Å². The van der Waals surface area contributed by atoms with Crippen molar-refractivity contribution in [2.24, 2.45) is 18.9 Å². The fourth-order valence-electron chi connectivity index (χ4n) is 6.68. The van der Waals surface area contributed by atoms with Gasteiger partial charge in [0.25, 0.3) is 10.0 Å². The Hall–Kier alpha value is -3.79. The molecule has 0 aliphatic carbocycles. The van der Waals surface area contributed by atoms with Crippen LogP contribution in [-0.4, -0.2) is 127 Å². The van der Waals surface area contributed by atoms with E-state index in [4.69, 9.17) is 9.47 Å². The Kier molecular flexibility index (Phi) is 12.6. The molecule has 280 valence electrons. The molecule has 0 saturated carbocycles. The summed E-state index contributed by atoms with van der Waals surface area (Å²) in [6.07, 6.45) is 6.57. The molecular formula is C36H51FN6O7S. The number of likely N-dealkylation sites (N-methyl/N-ethyl adjacent to an activating group) is 1. The van der Waals surface area contributed by atoms with Gasteiger partial charge in [-0.25, -0.2) is 22.6 Å². The lowest BCUT2D eigenvalue weighted by molar-refractivity contribution is -0.151. The lowest BCUT2D eigenvalue weighted by atomic mass is 9.91. The van der Waals surface area contributed by atoms with Crippen LogP contribution in [0.25, 0.3) is 6.08 Å². The molecule has 3 aliphatic rings. The van der Waals surface area contributed by atoms with Crippen LogP contribution >= 0.6 is 0 Å². The third-order valence-corrected chi connectivity index (χ3v) is 11.7. The Morgan fingerprint density at radius 2 is 1.73 bits per heavy atom. The zero-order valence-electron chi connectivity index (χ0n) is 30.1. The number of esters is 1. The van der Waals surface area contributed by atoms with E-state index in [0.717, 1.165) is 13.1 Å². The number of ether oxygens (including phenoxy) is 2. The number of aromatic nitrogens is 2. The van der Waals surface area contributed by atoms with Crippen LogP contribution in [0.3, 0.4) is 0 Å². The standard InChI is InChI=1S/C36H51FN6O7S/c1-25-6-8-31(44)22-34(45)50-35(26(2)7-9-32(25)49-36(46)42-12-10-39(4)11-13-42)27(3)18-28-19-29(37)21-30(20-28)41-14-16-43(17-15-41)51(47,48)33-23-40(5)24-38-33/h7,9,18-21,23-26,31-32,35,44H,6,8,10-17,22H2,1-5H3/b9-7+,27-18+/t25-,26-,31+,32-,35-/m0/s1. The van der Waals surface area contributed by atoms with Gasteiger partial charge in [0.05, 0.1) is 18.9 Å². The van der Waals surface area contributed by atoms with E-state index in [1.54, 1.807) is 22.6 Å². The number of carbonyl (C=O) groups is 2. The second-order valence-corrected chi connectivity index (χ2v) is 16.0. The highest BCUT2D eigenvalue weighted by molar-refractivity contribution is 7.89. The van der Waals surface area contributed by atoms with Crippen LogP contribution in [0.2, 0.25) is 0 Å². The van der Waals surface area contributed by atoms with Crippen molar-refractivity contribution in [1.82, 2.24) is 23.7 Å². The van der Waals surface area contributed by atoms with Gasteiger partial charge < -0.3 is 33.8 Å². The van der Waals surface area contributed by atoms with Crippen LogP contribution in [0.15, 0.2) is 53.5 Å². The topological polar surface area (TPSA) is 138 Å². The molecule has 4 heterocycles. The summed E-state index contributed by atoms with van der Waals surface area (Å²) in [5, 5.41) is 10.7. The smallest absolute Gasteiger partial charge is 0.410 e. The van der Waals surface area contributed by atoms with Gasteiger partial charge in [0.2, 0.25) is 0 Å². The minimum atomic E-state index is -3.74. The second-order valence-electron chi connectivity index (χ2n) is 14.1. The zero-order chi connectivity index (χ0) is 36.9. The van der Waals surface area contributed by atoms with Gasteiger partial charge >= 0.3 is 12.1 Å². The van der Waals surface area contributed by atoms with E-state index in [1.807, 2.05) is 50.9 Å². The van der Waals surface area contributed by atoms with Gasteiger partial charge in [0.15, 0.2) is 5.03 Å². The van der Waals surface area contributed by atoms with Crippen molar-refractivity contribution in [3.8, 4) is 0 Å². The van der Waals surface area contributed by atoms with Gasteiger partial charge in [-0.2, -0.15) is 4.31 Å². The number of aryl methyl sites for hydroxylation is 1. The number of rotatable bonds is 6. The molecule has 5 atom stereocenters. The van der Waals surface area contributed by atoms with E-state index in [9.17, 15) is 23.1 Å². The van der Waals surface area contributed by atoms with Gasteiger partial charge in [-0.15, -0.1) is 0 Å². The Bertz CT molecular complexity index is 1700. The summed E-state index contributed by atoms with van der Waals surface area (Å²) in [5.41, 5.74) is 1.82. The lowest BCUT2D eigenvalue weighted by Crippen LogP contribution is -2.48. The summed E-state index contributed by atoms with van der Waals surface area (Å²) < 4.78 is 56.1. The van der Waals surface area contributed by atoms with Crippen LogP contribution in [-0.2, 0) is 31.3 Å². The molecule has 2 saturated heterocycles. The zero-order valence-corrected chi connectivity index (χ0v) is 31.0. The lowest BCUT2D eigenvalue weighted by Gasteiger charge is -2.35. The number of anilines is 1. The molecule has 1 amide bonds. The molecule has 1 N–H and O–H groups in total. The maximum Gasteiger partial charge on any atom is 0.410 e. The van der Waals surface area contributed by atoms with Gasteiger partial charge in [-0.05, 0) is 68.1 Å². The molecule has 0 bridgehead atoms. The maximum absolute atomic E-state index is 15.0. The summed E-state index contributed by atoms with van der Waals surface area (Å²) >= 11 is 0. The van der Waals surface area contributed by atoms with Crippen molar-refractivity contribution >= 4 is 33.8 Å². The number of nitrogens with zero attached hydrogens (tertiary/aromatic N) is 6. The van der Waals surface area contributed by atoms with E-state index >= 15 is 4.39 Å². The normalized spacial score (nSPS) is 27.3. The van der Waals surface area contributed by atoms with Gasteiger partial charge in [0, 0.05) is 77.2 Å². The molecule has 1 aromatic carbocycles. The average molecular weight is 731 g/mol. The van der Waals surface area contributed by atoms with Crippen molar-refractivity contribution in [1.29, 1.82) is 0 Å². The summed E-state index contributed by atoms with van der Waals surface area (Å²) in [6, 6.07) is 4.64. The predicted molar refractivity (Wildman–Crippen MR) is 191 cm³/mol. The number of aliphatic hydroxyl groups excluding tert-OH is 1. The molecule has 3 aliphatic heterocycles. The van der Waals surface area contributed by atoms with E-state index in [1.165, 1.54) is 29.0 Å². The molecule has 2 fully saturated rings. The summed E-state index contributed by atoms with van der Waals surface area (Å²) in [4.78, 5) is 35.9. The fraction of sp³-hybridized carbons (Fsp3) is 0.583. The Labute approximate surface area is 300 Å². The predicted octanol–water partition coefficient (Wildman–Crippen LogP) is 3.51. The van der Waals surface area contributed by atoms with E-state index in [2.05, 4.69) is 9.88 Å². The molecule has 15 heteroatoms. The number of halogens is 1. The van der Waals surface area contributed by atoms with Crippen LogP contribution < -0.4 is 4.90 Å². The van der Waals surface area contributed by atoms with Crippen molar-refractivity contribution < 1.29 is 37.0 Å². The third kappa shape index (κ3) is 9.96. The molecule has 51 heavy (non-hydrogen) atoms. The Balaban J connectivity index is 1.32. The number of hydrogen-bond donors (Lipinski definition) is 1. The van der Waals surface area contributed by atoms with Crippen LogP contribution in [0.1, 0.15) is 45.6 Å². The van der Waals surface area contributed by atoms with Crippen LogP contribution in [0.4, 0.5) is 14.9 Å². The molecule has 2 aromatic rings. The number of imidazole rings is 1. The summed E-state index contributed by atoms with van der Waals surface area (Å²) in [7, 11) is -0.0124. The first-order valence-corrected chi connectivity index (χ1v) is 19.1. The number of piperazine rings is 2. The highest BCUT2D eigenvalue weighted by atomic mass is 32.2. The summed E-state index contributed by atoms with van der Waals surface area (Å²) in [6.45, 7) is 9.55. The molecule has 0 unspecified atom stereocenters. The third-order valence-electron chi connectivity index (χ3n) is 9.89. The number of carbonyl (C=O) groups excluding carboxylic acids is 2. The minimum absolute atomic E-state index is 0.00481. The largest absolute Gasteiger partial charge is 0.457 e. The number of aliphatic hydroxyl groups is 1. The summed E-state index contributed by atoms with van der Waals surface area (Å²) in [5.74, 6) is -1.44. The number of cyclic esters (lactones) is 1. The van der Waals surface area contributed by atoms with Gasteiger partial charge in [-0.3, -0.25) is 4.79 Å². The Morgan fingerprint density at radius 3 is 2.39 bits per heavy atom. The first kappa shape index (κ1) is 38.4. The molecule has 0 radical (unpaired) electrons.